The van der Waals surface area contributed by atoms with Crippen molar-refractivity contribution in [3.8, 4) is 0 Å². The molecule has 0 spiro atoms. The lowest BCUT2D eigenvalue weighted by atomic mass is 9.99. The summed E-state index contributed by atoms with van der Waals surface area (Å²) in [6, 6.07) is 3.61. The quantitative estimate of drug-likeness (QED) is 0.885. The molecule has 0 radical (unpaired) electrons. The van der Waals surface area contributed by atoms with Crippen LogP contribution >= 0.6 is 15.9 Å². The van der Waals surface area contributed by atoms with Crippen LogP contribution in [-0.4, -0.2) is 11.7 Å². The number of rotatable bonds is 3. The van der Waals surface area contributed by atoms with Crippen LogP contribution < -0.4 is 0 Å². The van der Waals surface area contributed by atoms with E-state index in [0.717, 1.165) is 5.56 Å². The average molecular weight is 261 g/mol. The van der Waals surface area contributed by atoms with Crippen molar-refractivity contribution in [1.29, 1.82) is 0 Å². The summed E-state index contributed by atoms with van der Waals surface area (Å²) < 4.78 is 14.0. The van der Waals surface area contributed by atoms with Gasteiger partial charge in [-0.25, -0.2) is 4.39 Å². The summed E-state index contributed by atoms with van der Waals surface area (Å²) in [5.41, 5.74) is 1.66. The van der Waals surface area contributed by atoms with Crippen molar-refractivity contribution < 1.29 is 9.50 Å². The number of hydrogen-bond acceptors (Lipinski definition) is 1. The molecule has 0 atom stereocenters. The lowest BCUT2D eigenvalue weighted by Gasteiger charge is -2.10. The van der Waals surface area contributed by atoms with E-state index >= 15 is 0 Å². The molecule has 0 aliphatic heterocycles. The third kappa shape index (κ3) is 2.55. The minimum absolute atomic E-state index is 0.0229. The second kappa shape index (κ2) is 4.89. The van der Waals surface area contributed by atoms with Crippen LogP contribution in [0.25, 0.3) is 0 Å². The molecule has 0 bridgehead atoms. The van der Waals surface area contributed by atoms with Gasteiger partial charge in [0.2, 0.25) is 0 Å². The molecule has 0 fully saturated rings. The summed E-state index contributed by atoms with van der Waals surface area (Å²) in [7, 11) is 0. The van der Waals surface area contributed by atoms with Gasteiger partial charge in [-0.05, 0) is 45.5 Å². The smallest absolute Gasteiger partial charge is 0.140 e. The molecule has 1 aromatic carbocycles. The van der Waals surface area contributed by atoms with Gasteiger partial charge < -0.3 is 5.11 Å². The lowest BCUT2D eigenvalue weighted by Crippen LogP contribution is -1.99. The first-order valence-corrected chi connectivity index (χ1v) is 5.44. The van der Waals surface area contributed by atoms with Gasteiger partial charge in [0.25, 0.3) is 0 Å². The van der Waals surface area contributed by atoms with Crippen molar-refractivity contribution in [3.05, 3.63) is 33.5 Å². The maximum atomic E-state index is 13.5. The highest BCUT2D eigenvalue weighted by atomic mass is 79.9. The monoisotopic (exact) mass is 260 g/mol. The van der Waals surface area contributed by atoms with E-state index in [0.29, 0.717) is 22.4 Å². The van der Waals surface area contributed by atoms with Crippen molar-refractivity contribution in [3.63, 3.8) is 0 Å². The van der Waals surface area contributed by atoms with E-state index in [1.807, 2.05) is 6.07 Å². The highest BCUT2D eigenvalue weighted by molar-refractivity contribution is 9.10. The molecule has 14 heavy (non-hydrogen) atoms. The first-order chi connectivity index (χ1) is 6.56. The fourth-order valence-electron chi connectivity index (χ4n) is 1.30. The maximum Gasteiger partial charge on any atom is 0.140 e. The molecule has 1 N–H and O–H groups in total. The fraction of sp³-hybridized carbons (Fsp3) is 0.455. The Balaban J connectivity index is 3.14. The van der Waals surface area contributed by atoms with Gasteiger partial charge in [0.1, 0.15) is 5.82 Å². The van der Waals surface area contributed by atoms with Crippen LogP contribution in [0, 0.1) is 5.82 Å². The van der Waals surface area contributed by atoms with Crippen molar-refractivity contribution >= 4 is 15.9 Å². The summed E-state index contributed by atoms with van der Waals surface area (Å²) in [5, 5.41) is 8.78. The SMILES string of the molecule is CC(C)c1cc(Br)c(F)c(CCO)c1. The molecule has 0 saturated carbocycles. The van der Waals surface area contributed by atoms with Crippen molar-refractivity contribution in [1.82, 2.24) is 0 Å². The van der Waals surface area contributed by atoms with E-state index in [1.54, 1.807) is 6.07 Å². The molecule has 78 valence electrons. The van der Waals surface area contributed by atoms with Gasteiger partial charge in [0, 0.05) is 6.61 Å². The second-order valence-corrected chi connectivity index (χ2v) is 4.46. The summed E-state index contributed by atoms with van der Waals surface area (Å²) in [6.07, 6.45) is 0.366. The van der Waals surface area contributed by atoms with Crippen molar-refractivity contribution in [2.45, 2.75) is 26.2 Å². The Hall–Kier alpha value is -0.410. The van der Waals surface area contributed by atoms with E-state index in [-0.39, 0.29) is 12.4 Å². The number of aliphatic hydroxyl groups excluding tert-OH is 1. The average Bonchev–Trinajstić information content (AvgIpc) is 2.12. The molecule has 0 saturated heterocycles. The van der Waals surface area contributed by atoms with Gasteiger partial charge in [0.15, 0.2) is 0 Å². The van der Waals surface area contributed by atoms with Gasteiger partial charge in [-0.15, -0.1) is 0 Å². The molecule has 0 aliphatic carbocycles. The second-order valence-electron chi connectivity index (χ2n) is 3.60. The van der Waals surface area contributed by atoms with Crippen molar-refractivity contribution in [2.24, 2.45) is 0 Å². The molecule has 0 amide bonds. The summed E-state index contributed by atoms with van der Waals surface area (Å²) in [5.74, 6) is 0.104. The molecular weight excluding hydrogens is 247 g/mol. The molecule has 0 aliphatic rings. The van der Waals surface area contributed by atoms with Crippen LogP contribution in [0.4, 0.5) is 4.39 Å². The third-order valence-corrected chi connectivity index (χ3v) is 2.75. The van der Waals surface area contributed by atoms with Gasteiger partial charge in [-0.3, -0.25) is 0 Å². The molecule has 1 nitrogen and oxygen atoms in total. The van der Waals surface area contributed by atoms with Gasteiger partial charge in [-0.1, -0.05) is 19.9 Å². The predicted octanol–water partition coefficient (Wildman–Crippen LogP) is 3.25. The minimum atomic E-state index is -0.261. The number of aliphatic hydroxyl groups is 1. The van der Waals surface area contributed by atoms with Crippen LogP contribution in [0.5, 0.6) is 0 Å². The number of halogens is 2. The first-order valence-electron chi connectivity index (χ1n) is 4.65. The summed E-state index contributed by atoms with van der Waals surface area (Å²) in [6.45, 7) is 4.09. The molecule has 3 heteroatoms. The summed E-state index contributed by atoms with van der Waals surface area (Å²) >= 11 is 3.18. The summed E-state index contributed by atoms with van der Waals surface area (Å²) in [4.78, 5) is 0. The topological polar surface area (TPSA) is 20.2 Å². The molecule has 0 heterocycles. The lowest BCUT2D eigenvalue weighted by molar-refractivity contribution is 0.297. The standard InChI is InChI=1S/C11H14BrFO/c1-7(2)9-5-8(3-4-14)11(13)10(12)6-9/h5-7,14H,3-4H2,1-2H3. The number of benzene rings is 1. The maximum absolute atomic E-state index is 13.5. The normalized spacial score (nSPS) is 11.0. The molecular formula is C11H14BrFO. The molecule has 0 aromatic heterocycles. The number of hydrogen-bond donors (Lipinski definition) is 1. The van der Waals surface area contributed by atoms with E-state index in [9.17, 15) is 4.39 Å². The van der Waals surface area contributed by atoms with E-state index in [1.165, 1.54) is 0 Å². The Labute approximate surface area is 92.1 Å². The zero-order valence-electron chi connectivity index (χ0n) is 8.35. The third-order valence-electron chi connectivity index (χ3n) is 2.17. The van der Waals surface area contributed by atoms with E-state index in [4.69, 9.17) is 5.11 Å². The van der Waals surface area contributed by atoms with Gasteiger partial charge >= 0.3 is 0 Å². The van der Waals surface area contributed by atoms with Crippen LogP contribution in [-0.2, 0) is 6.42 Å². The molecule has 1 aromatic rings. The molecule has 0 unspecified atom stereocenters. The highest BCUT2D eigenvalue weighted by Crippen LogP contribution is 2.25. The predicted molar refractivity (Wildman–Crippen MR) is 59.0 cm³/mol. The Bertz CT molecular complexity index is 323. The molecule has 1 rings (SSSR count). The van der Waals surface area contributed by atoms with Gasteiger partial charge in [0.05, 0.1) is 4.47 Å². The van der Waals surface area contributed by atoms with Crippen LogP contribution in [0.1, 0.15) is 30.9 Å². The zero-order valence-corrected chi connectivity index (χ0v) is 9.94. The largest absolute Gasteiger partial charge is 0.396 e. The Morgan fingerprint density at radius 1 is 1.43 bits per heavy atom. The Morgan fingerprint density at radius 3 is 2.57 bits per heavy atom. The van der Waals surface area contributed by atoms with Gasteiger partial charge in [-0.2, -0.15) is 0 Å². The fourth-order valence-corrected chi connectivity index (χ4v) is 1.82. The van der Waals surface area contributed by atoms with Crippen LogP contribution in [0.2, 0.25) is 0 Å². The Kier molecular flexibility index (Phi) is 4.08. The minimum Gasteiger partial charge on any atom is -0.396 e. The van der Waals surface area contributed by atoms with Crippen LogP contribution in [0.15, 0.2) is 16.6 Å². The highest BCUT2D eigenvalue weighted by Gasteiger charge is 2.10. The van der Waals surface area contributed by atoms with Crippen molar-refractivity contribution in [2.75, 3.05) is 6.61 Å². The van der Waals surface area contributed by atoms with E-state index in [2.05, 4.69) is 29.8 Å². The van der Waals surface area contributed by atoms with E-state index < -0.39 is 0 Å². The Morgan fingerprint density at radius 2 is 2.07 bits per heavy atom. The zero-order chi connectivity index (χ0) is 10.7. The first kappa shape index (κ1) is 11.7. The van der Waals surface area contributed by atoms with Crippen LogP contribution in [0.3, 0.4) is 0 Å².